The predicted octanol–water partition coefficient (Wildman–Crippen LogP) is 2.31. The van der Waals surface area contributed by atoms with E-state index in [9.17, 15) is 4.79 Å². The molecule has 0 saturated carbocycles. The van der Waals surface area contributed by atoms with E-state index < -0.39 is 0 Å². The zero-order valence-electron chi connectivity index (χ0n) is 13.8. The summed E-state index contributed by atoms with van der Waals surface area (Å²) in [6.07, 6.45) is 2.77. The fraction of sp³-hybridized carbons (Fsp3) is 0.438. The molecule has 128 valence electrons. The number of carbonyl (C=O) groups excluding carboxylic acids is 1. The van der Waals surface area contributed by atoms with E-state index in [0.717, 1.165) is 36.7 Å². The number of urea groups is 1. The number of carbonyl (C=O) groups is 1. The minimum Gasteiger partial charge on any atom is -0.376 e. The Hall–Kier alpha value is -2.28. The molecule has 0 spiro atoms. The van der Waals surface area contributed by atoms with Gasteiger partial charge in [-0.3, -0.25) is 0 Å². The lowest BCUT2D eigenvalue weighted by Gasteiger charge is -2.18. The fourth-order valence-corrected chi connectivity index (χ4v) is 3.02. The van der Waals surface area contributed by atoms with E-state index in [1.165, 1.54) is 0 Å². The van der Waals surface area contributed by atoms with Gasteiger partial charge in [0.2, 0.25) is 0 Å². The summed E-state index contributed by atoms with van der Waals surface area (Å²) < 4.78 is 2.14. The SMILES string of the molecule is CN(C)c1ccc(Cl)cc1NC(=O)NCCc1nnc2n1CCC2. The summed E-state index contributed by atoms with van der Waals surface area (Å²) in [6.45, 7) is 1.47. The molecule has 2 heterocycles. The molecule has 3 rings (SSSR count). The number of hydrogen-bond donors (Lipinski definition) is 2. The number of aryl methyl sites for hydroxylation is 1. The van der Waals surface area contributed by atoms with Crippen LogP contribution in [0.3, 0.4) is 0 Å². The summed E-state index contributed by atoms with van der Waals surface area (Å²) >= 11 is 6.02. The highest BCUT2D eigenvalue weighted by Crippen LogP contribution is 2.27. The van der Waals surface area contributed by atoms with Gasteiger partial charge < -0.3 is 20.1 Å². The van der Waals surface area contributed by atoms with Crippen molar-refractivity contribution in [2.75, 3.05) is 30.9 Å². The average molecular weight is 349 g/mol. The molecule has 1 aromatic carbocycles. The lowest BCUT2D eigenvalue weighted by molar-refractivity contribution is 0.252. The first kappa shape index (κ1) is 16.6. The molecule has 1 aromatic heterocycles. The van der Waals surface area contributed by atoms with Gasteiger partial charge in [0.1, 0.15) is 11.6 Å². The molecule has 0 atom stereocenters. The molecule has 0 radical (unpaired) electrons. The van der Waals surface area contributed by atoms with Crippen LogP contribution in [-0.2, 0) is 19.4 Å². The van der Waals surface area contributed by atoms with Crippen molar-refractivity contribution in [1.82, 2.24) is 20.1 Å². The Labute approximate surface area is 146 Å². The Morgan fingerprint density at radius 2 is 2.21 bits per heavy atom. The van der Waals surface area contributed by atoms with Crippen molar-refractivity contribution in [1.29, 1.82) is 0 Å². The van der Waals surface area contributed by atoms with Gasteiger partial charge in [-0.1, -0.05) is 11.6 Å². The van der Waals surface area contributed by atoms with E-state index in [1.54, 1.807) is 12.1 Å². The summed E-state index contributed by atoms with van der Waals surface area (Å²) in [4.78, 5) is 14.1. The van der Waals surface area contributed by atoms with Crippen LogP contribution >= 0.6 is 11.6 Å². The molecule has 0 unspecified atom stereocenters. The molecule has 1 aliphatic heterocycles. The maximum atomic E-state index is 12.1. The van der Waals surface area contributed by atoms with Gasteiger partial charge in [-0.15, -0.1) is 10.2 Å². The lowest BCUT2D eigenvalue weighted by atomic mass is 10.2. The van der Waals surface area contributed by atoms with E-state index >= 15 is 0 Å². The number of amides is 2. The van der Waals surface area contributed by atoms with E-state index in [2.05, 4.69) is 25.4 Å². The second kappa shape index (κ2) is 7.09. The van der Waals surface area contributed by atoms with E-state index in [4.69, 9.17) is 11.6 Å². The van der Waals surface area contributed by atoms with E-state index in [1.807, 2.05) is 25.1 Å². The molecule has 0 saturated heterocycles. The Morgan fingerprint density at radius 1 is 1.38 bits per heavy atom. The van der Waals surface area contributed by atoms with E-state index in [0.29, 0.717) is 23.7 Å². The number of nitrogens with one attached hydrogen (secondary N) is 2. The molecule has 2 aromatic rings. The number of hydrogen-bond acceptors (Lipinski definition) is 4. The van der Waals surface area contributed by atoms with Crippen LogP contribution in [0.4, 0.5) is 16.2 Å². The molecule has 0 aliphatic carbocycles. The first-order valence-corrected chi connectivity index (χ1v) is 8.35. The molecular formula is C16H21ClN6O. The fourth-order valence-electron chi connectivity index (χ4n) is 2.85. The van der Waals surface area contributed by atoms with Crippen LogP contribution in [-0.4, -0.2) is 41.4 Å². The third-order valence-corrected chi connectivity index (χ3v) is 4.24. The van der Waals surface area contributed by atoms with Gasteiger partial charge >= 0.3 is 6.03 Å². The topological polar surface area (TPSA) is 75.1 Å². The Kier molecular flexibility index (Phi) is 4.89. The van der Waals surface area contributed by atoms with Crippen LogP contribution in [0, 0.1) is 0 Å². The van der Waals surface area contributed by atoms with E-state index in [-0.39, 0.29) is 6.03 Å². The van der Waals surface area contributed by atoms with Gasteiger partial charge in [-0.25, -0.2) is 4.79 Å². The standard InChI is InChI=1S/C16H21ClN6O/c1-22(2)13-6-5-11(17)10-12(13)19-16(24)18-8-7-15-21-20-14-4-3-9-23(14)15/h5-6,10H,3-4,7-9H2,1-2H3,(H2,18,19,24). The highest BCUT2D eigenvalue weighted by atomic mass is 35.5. The largest absolute Gasteiger partial charge is 0.376 e. The quantitative estimate of drug-likeness (QED) is 0.869. The van der Waals surface area contributed by atoms with Gasteiger partial charge in [-0.05, 0) is 24.6 Å². The van der Waals surface area contributed by atoms with Gasteiger partial charge in [0.15, 0.2) is 0 Å². The maximum Gasteiger partial charge on any atom is 0.319 e. The third kappa shape index (κ3) is 3.62. The number of benzene rings is 1. The summed E-state index contributed by atoms with van der Waals surface area (Å²) in [5, 5.41) is 14.6. The second-order valence-corrected chi connectivity index (χ2v) is 6.41. The van der Waals surface area contributed by atoms with Crippen molar-refractivity contribution in [3.05, 3.63) is 34.9 Å². The Balaban J connectivity index is 1.55. The van der Waals surface area contributed by atoms with Crippen molar-refractivity contribution in [2.24, 2.45) is 0 Å². The van der Waals surface area contributed by atoms with Crippen LogP contribution < -0.4 is 15.5 Å². The minimum absolute atomic E-state index is 0.262. The Morgan fingerprint density at radius 3 is 3.00 bits per heavy atom. The van der Waals surface area contributed by atoms with Crippen molar-refractivity contribution >= 4 is 29.0 Å². The molecule has 2 amide bonds. The molecule has 0 bridgehead atoms. The van der Waals surface area contributed by atoms with Crippen LogP contribution in [0.5, 0.6) is 0 Å². The second-order valence-electron chi connectivity index (χ2n) is 5.97. The van der Waals surface area contributed by atoms with Crippen LogP contribution in [0.1, 0.15) is 18.1 Å². The van der Waals surface area contributed by atoms with Crippen molar-refractivity contribution in [2.45, 2.75) is 25.8 Å². The average Bonchev–Trinajstić information content (AvgIpc) is 3.11. The normalized spacial score (nSPS) is 12.8. The van der Waals surface area contributed by atoms with Crippen LogP contribution in [0.15, 0.2) is 18.2 Å². The first-order chi connectivity index (χ1) is 11.5. The summed E-state index contributed by atoms with van der Waals surface area (Å²) in [5.41, 5.74) is 1.57. The Bertz CT molecular complexity index is 742. The molecule has 1 aliphatic rings. The lowest BCUT2D eigenvalue weighted by Crippen LogP contribution is -2.31. The van der Waals surface area contributed by atoms with Crippen LogP contribution in [0.2, 0.25) is 5.02 Å². The smallest absolute Gasteiger partial charge is 0.319 e. The first-order valence-electron chi connectivity index (χ1n) is 7.97. The number of halogens is 1. The molecule has 24 heavy (non-hydrogen) atoms. The molecular weight excluding hydrogens is 328 g/mol. The number of fused-ring (bicyclic) bond motifs is 1. The summed E-state index contributed by atoms with van der Waals surface area (Å²) in [6, 6.07) is 5.15. The van der Waals surface area contributed by atoms with Gasteiger partial charge in [-0.2, -0.15) is 0 Å². The van der Waals surface area contributed by atoms with Crippen molar-refractivity contribution in [3.63, 3.8) is 0 Å². The molecule has 0 fully saturated rings. The zero-order valence-corrected chi connectivity index (χ0v) is 14.6. The monoisotopic (exact) mass is 348 g/mol. The number of nitrogens with zero attached hydrogens (tertiary/aromatic N) is 4. The van der Waals surface area contributed by atoms with Crippen LogP contribution in [0.25, 0.3) is 0 Å². The van der Waals surface area contributed by atoms with Crippen molar-refractivity contribution < 1.29 is 4.79 Å². The molecule has 2 N–H and O–H groups in total. The minimum atomic E-state index is -0.262. The maximum absolute atomic E-state index is 12.1. The highest BCUT2D eigenvalue weighted by molar-refractivity contribution is 6.31. The number of anilines is 2. The third-order valence-electron chi connectivity index (χ3n) is 4.01. The van der Waals surface area contributed by atoms with Gasteiger partial charge in [0, 0.05) is 45.0 Å². The summed E-state index contributed by atoms with van der Waals surface area (Å²) in [7, 11) is 3.83. The van der Waals surface area contributed by atoms with Gasteiger partial charge in [0.25, 0.3) is 0 Å². The number of aromatic nitrogens is 3. The highest BCUT2D eigenvalue weighted by Gasteiger charge is 2.17. The number of rotatable bonds is 5. The predicted molar refractivity (Wildman–Crippen MR) is 94.8 cm³/mol. The molecule has 8 heteroatoms. The molecule has 7 nitrogen and oxygen atoms in total. The van der Waals surface area contributed by atoms with Crippen molar-refractivity contribution in [3.8, 4) is 0 Å². The summed E-state index contributed by atoms with van der Waals surface area (Å²) in [5.74, 6) is 1.98. The zero-order chi connectivity index (χ0) is 17.1. The van der Waals surface area contributed by atoms with Gasteiger partial charge in [0.05, 0.1) is 11.4 Å².